The molecule has 0 saturated carbocycles. The van der Waals surface area contributed by atoms with Gasteiger partial charge in [-0.15, -0.1) is 11.8 Å². The molecule has 1 aromatic carbocycles. The number of nitrogens with one attached hydrogen (secondary N) is 1. The van der Waals surface area contributed by atoms with Crippen LogP contribution in [-0.4, -0.2) is 36.1 Å². The molecule has 0 spiro atoms. The summed E-state index contributed by atoms with van der Waals surface area (Å²) in [5.41, 5.74) is 0.850. The van der Waals surface area contributed by atoms with Crippen molar-refractivity contribution in [3.05, 3.63) is 36.9 Å². The average molecular weight is 290 g/mol. The van der Waals surface area contributed by atoms with Gasteiger partial charge in [-0.2, -0.15) is 0 Å². The van der Waals surface area contributed by atoms with Gasteiger partial charge >= 0.3 is 0 Å². The summed E-state index contributed by atoms with van der Waals surface area (Å²) in [7, 11) is 0. The first kappa shape index (κ1) is 14.7. The van der Waals surface area contributed by atoms with Crippen LogP contribution in [0.1, 0.15) is 6.42 Å². The topological polar surface area (TPSA) is 49.4 Å². The molecule has 106 valence electrons. The first-order valence-electron chi connectivity index (χ1n) is 6.48. The van der Waals surface area contributed by atoms with E-state index in [1.54, 1.807) is 16.7 Å². The summed E-state index contributed by atoms with van der Waals surface area (Å²) < 4.78 is 0. The number of rotatable bonds is 5. The van der Waals surface area contributed by atoms with Crippen LogP contribution in [0.15, 0.2) is 41.8 Å². The lowest BCUT2D eigenvalue weighted by atomic mass is 9.96. The summed E-state index contributed by atoms with van der Waals surface area (Å²) in [5, 5.41) is 2.94. The fraction of sp³-hybridized carbons (Fsp3) is 0.333. The highest BCUT2D eigenvalue weighted by atomic mass is 32.2. The number of benzene rings is 1. The highest BCUT2D eigenvalue weighted by Crippen LogP contribution is 2.26. The molecule has 1 heterocycles. The standard InChI is InChI=1S/C15H18N2O2S/c1-3-15(19)17-9-11(10-17)8-14(18)16-12-6-4-5-7-13(12)20-2/h3-7,11H,1,8-10H2,2H3,(H,16,18). The lowest BCUT2D eigenvalue weighted by Gasteiger charge is -2.38. The smallest absolute Gasteiger partial charge is 0.245 e. The summed E-state index contributed by atoms with van der Waals surface area (Å²) in [5.74, 6) is 0.192. The van der Waals surface area contributed by atoms with E-state index in [0.29, 0.717) is 19.5 Å². The Morgan fingerprint density at radius 2 is 2.15 bits per heavy atom. The minimum absolute atomic E-state index is 0.00204. The van der Waals surface area contributed by atoms with E-state index in [1.807, 2.05) is 30.5 Å². The van der Waals surface area contributed by atoms with Crippen molar-refractivity contribution < 1.29 is 9.59 Å². The van der Waals surface area contributed by atoms with E-state index in [1.165, 1.54) is 6.08 Å². The van der Waals surface area contributed by atoms with Crippen LogP contribution in [0, 0.1) is 5.92 Å². The van der Waals surface area contributed by atoms with Gasteiger partial charge in [0.15, 0.2) is 0 Å². The van der Waals surface area contributed by atoms with Gasteiger partial charge in [-0.25, -0.2) is 0 Å². The molecule has 1 fully saturated rings. The Morgan fingerprint density at radius 1 is 1.45 bits per heavy atom. The van der Waals surface area contributed by atoms with Crippen molar-refractivity contribution in [2.24, 2.45) is 5.92 Å². The molecule has 20 heavy (non-hydrogen) atoms. The van der Waals surface area contributed by atoms with Gasteiger partial charge in [-0.3, -0.25) is 9.59 Å². The molecule has 0 radical (unpaired) electrons. The molecule has 1 saturated heterocycles. The van der Waals surface area contributed by atoms with Crippen molar-refractivity contribution in [3.63, 3.8) is 0 Å². The van der Waals surface area contributed by atoms with Gasteiger partial charge in [0, 0.05) is 30.3 Å². The maximum atomic E-state index is 12.0. The Kier molecular flexibility index (Phi) is 4.84. The zero-order chi connectivity index (χ0) is 14.5. The Morgan fingerprint density at radius 3 is 2.80 bits per heavy atom. The summed E-state index contributed by atoms with van der Waals surface area (Å²) in [6.07, 6.45) is 3.74. The van der Waals surface area contributed by atoms with E-state index in [0.717, 1.165) is 10.6 Å². The summed E-state index contributed by atoms with van der Waals surface area (Å²) in [6, 6.07) is 7.74. The third-order valence-electron chi connectivity index (χ3n) is 3.30. The highest BCUT2D eigenvalue weighted by molar-refractivity contribution is 7.98. The minimum Gasteiger partial charge on any atom is -0.338 e. The van der Waals surface area contributed by atoms with Crippen molar-refractivity contribution in [2.75, 3.05) is 24.7 Å². The molecule has 0 atom stereocenters. The third-order valence-corrected chi connectivity index (χ3v) is 4.09. The van der Waals surface area contributed by atoms with Crippen molar-refractivity contribution >= 4 is 29.3 Å². The van der Waals surface area contributed by atoms with Crippen LogP contribution in [0.2, 0.25) is 0 Å². The van der Waals surface area contributed by atoms with E-state index in [2.05, 4.69) is 11.9 Å². The molecule has 0 bridgehead atoms. The second kappa shape index (κ2) is 6.61. The number of carbonyl (C=O) groups excluding carboxylic acids is 2. The molecule has 0 unspecified atom stereocenters. The second-order valence-corrected chi connectivity index (χ2v) is 5.61. The highest BCUT2D eigenvalue weighted by Gasteiger charge is 2.30. The molecule has 2 amide bonds. The lowest BCUT2D eigenvalue weighted by molar-refractivity contribution is -0.134. The van der Waals surface area contributed by atoms with E-state index < -0.39 is 0 Å². The van der Waals surface area contributed by atoms with Gasteiger partial charge in [0.25, 0.3) is 0 Å². The summed E-state index contributed by atoms with van der Waals surface area (Å²) in [4.78, 5) is 26.0. The molecule has 1 aliphatic heterocycles. The van der Waals surface area contributed by atoms with Crippen molar-refractivity contribution in [2.45, 2.75) is 11.3 Å². The summed E-state index contributed by atoms with van der Waals surface area (Å²) >= 11 is 1.60. The molecule has 0 aliphatic carbocycles. The molecule has 0 aromatic heterocycles. The quantitative estimate of drug-likeness (QED) is 0.669. The van der Waals surface area contributed by atoms with Gasteiger partial charge in [0.05, 0.1) is 5.69 Å². The number of amides is 2. The Hall–Kier alpha value is -1.75. The average Bonchev–Trinajstić information content (AvgIpc) is 2.42. The summed E-state index contributed by atoms with van der Waals surface area (Å²) in [6.45, 7) is 4.73. The monoisotopic (exact) mass is 290 g/mol. The van der Waals surface area contributed by atoms with Gasteiger partial charge < -0.3 is 10.2 Å². The Balaban J connectivity index is 1.82. The zero-order valence-corrected chi connectivity index (χ0v) is 12.3. The number of nitrogens with zero attached hydrogens (tertiary/aromatic N) is 1. The maximum absolute atomic E-state index is 12.0. The number of hydrogen-bond donors (Lipinski definition) is 1. The van der Waals surface area contributed by atoms with Crippen molar-refractivity contribution in [3.8, 4) is 0 Å². The predicted molar refractivity (Wildman–Crippen MR) is 81.7 cm³/mol. The Labute approximate surface area is 123 Å². The van der Waals surface area contributed by atoms with E-state index in [4.69, 9.17) is 0 Å². The molecule has 1 aromatic rings. The fourth-order valence-corrected chi connectivity index (χ4v) is 2.77. The normalized spacial score (nSPS) is 14.6. The molecule has 1 N–H and O–H groups in total. The largest absolute Gasteiger partial charge is 0.338 e. The van der Waals surface area contributed by atoms with Gasteiger partial charge in [0.1, 0.15) is 0 Å². The van der Waals surface area contributed by atoms with E-state index in [-0.39, 0.29) is 17.7 Å². The number of likely N-dealkylation sites (tertiary alicyclic amines) is 1. The van der Waals surface area contributed by atoms with Crippen LogP contribution in [0.25, 0.3) is 0 Å². The zero-order valence-electron chi connectivity index (χ0n) is 11.5. The number of carbonyl (C=O) groups is 2. The van der Waals surface area contributed by atoms with Crippen LogP contribution in [-0.2, 0) is 9.59 Å². The number of thioether (sulfide) groups is 1. The van der Waals surface area contributed by atoms with Gasteiger partial charge in [-0.1, -0.05) is 18.7 Å². The van der Waals surface area contributed by atoms with Crippen molar-refractivity contribution in [1.82, 2.24) is 4.90 Å². The molecular formula is C15H18N2O2S. The fourth-order valence-electron chi connectivity index (χ4n) is 2.22. The second-order valence-electron chi connectivity index (χ2n) is 4.77. The molecule has 1 aliphatic rings. The molecule has 4 nitrogen and oxygen atoms in total. The SMILES string of the molecule is C=CC(=O)N1CC(CC(=O)Nc2ccccc2SC)C1. The predicted octanol–water partition coefficient (Wildman–Crippen LogP) is 2.38. The molecule has 2 rings (SSSR count). The van der Waals surface area contributed by atoms with Gasteiger partial charge in [0.2, 0.25) is 11.8 Å². The number of anilines is 1. The molecule has 5 heteroatoms. The molecular weight excluding hydrogens is 272 g/mol. The first-order chi connectivity index (χ1) is 9.63. The van der Waals surface area contributed by atoms with Crippen LogP contribution in [0.4, 0.5) is 5.69 Å². The minimum atomic E-state index is -0.0608. The number of hydrogen-bond acceptors (Lipinski definition) is 3. The van der Waals surface area contributed by atoms with Crippen LogP contribution in [0.3, 0.4) is 0 Å². The Bertz CT molecular complexity index is 524. The number of para-hydroxylation sites is 1. The lowest BCUT2D eigenvalue weighted by Crippen LogP contribution is -2.50. The van der Waals surface area contributed by atoms with Crippen LogP contribution in [0.5, 0.6) is 0 Å². The van der Waals surface area contributed by atoms with Gasteiger partial charge in [-0.05, 0) is 24.5 Å². The first-order valence-corrected chi connectivity index (χ1v) is 7.70. The maximum Gasteiger partial charge on any atom is 0.245 e. The van der Waals surface area contributed by atoms with E-state index >= 15 is 0 Å². The van der Waals surface area contributed by atoms with Crippen LogP contribution < -0.4 is 5.32 Å². The van der Waals surface area contributed by atoms with Crippen LogP contribution >= 0.6 is 11.8 Å². The van der Waals surface area contributed by atoms with E-state index in [9.17, 15) is 9.59 Å². The van der Waals surface area contributed by atoms with Crippen molar-refractivity contribution in [1.29, 1.82) is 0 Å². The third kappa shape index (κ3) is 3.42.